The van der Waals surface area contributed by atoms with Crippen LogP contribution >= 0.6 is 0 Å². The molecule has 2 aliphatic carbocycles. The maximum Gasteiger partial charge on any atom is 0.168 e. The summed E-state index contributed by atoms with van der Waals surface area (Å²) < 4.78 is 0. The third-order valence-corrected chi connectivity index (χ3v) is 5.75. The van der Waals surface area contributed by atoms with Crippen molar-refractivity contribution in [3.8, 4) is 6.07 Å². The summed E-state index contributed by atoms with van der Waals surface area (Å²) in [5.41, 5.74) is 1.24. The number of nitriles is 1. The van der Waals surface area contributed by atoms with Gasteiger partial charge in [-0.2, -0.15) is 5.26 Å². The van der Waals surface area contributed by atoms with E-state index in [2.05, 4.69) is 16.4 Å². The fourth-order valence-electron chi connectivity index (χ4n) is 4.37. The second-order valence-corrected chi connectivity index (χ2v) is 9.98. The summed E-state index contributed by atoms with van der Waals surface area (Å²) in [6.07, 6.45) is 3.38. The van der Waals surface area contributed by atoms with Gasteiger partial charge in [-0.1, -0.05) is 33.8 Å². The van der Waals surface area contributed by atoms with E-state index in [0.717, 1.165) is 12.1 Å². The van der Waals surface area contributed by atoms with Crippen LogP contribution < -0.4 is 5.32 Å². The van der Waals surface area contributed by atoms with E-state index in [4.69, 9.17) is 0 Å². The number of hydrogen-bond donors (Lipinski definition) is 2. The third-order valence-electron chi connectivity index (χ3n) is 5.75. The number of aliphatic hydroxyl groups excluding tert-OH is 1. The number of benzene rings is 1. The first-order chi connectivity index (χ1) is 14.0. The number of allylic oxidation sites excluding steroid dienone is 2. The zero-order valence-corrected chi connectivity index (χ0v) is 18.0. The van der Waals surface area contributed by atoms with Crippen molar-refractivity contribution in [1.82, 2.24) is 0 Å². The fourth-order valence-corrected chi connectivity index (χ4v) is 4.37. The maximum absolute atomic E-state index is 12.3. The molecule has 1 fully saturated rings. The number of aliphatic hydroxyl groups is 1. The summed E-state index contributed by atoms with van der Waals surface area (Å²) in [5, 5.41) is 23.0. The van der Waals surface area contributed by atoms with Gasteiger partial charge in [-0.3, -0.25) is 14.6 Å². The molecule has 30 heavy (non-hydrogen) atoms. The average Bonchev–Trinajstić information content (AvgIpc) is 2.59. The van der Waals surface area contributed by atoms with Gasteiger partial charge in [0.1, 0.15) is 11.7 Å². The van der Waals surface area contributed by atoms with Gasteiger partial charge < -0.3 is 10.4 Å². The molecule has 0 aromatic heterocycles. The molecule has 0 bridgehead atoms. The van der Waals surface area contributed by atoms with Gasteiger partial charge in [0.05, 0.1) is 17.3 Å². The standard InChI is InChI=1S/C24H29N3O3/c1-23(2)9-19(17(13-25)20(28)10-23)27-16-7-5-6-15(8-16)26-14-18-21(29)11-24(3,4)12-22(18)30/h5-8,14,17,19,27,29H,9-12H2,1-4H3/t17-,19-/m0/s1. The van der Waals surface area contributed by atoms with Crippen molar-refractivity contribution in [1.29, 1.82) is 5.26 Å². The normalized spacial score (nSPS) is 26.0. The van der Waals surface area contributed by atoms with Crippen molar-refractivity contribution >= 4 is 29.2 Å². The fraction of sp³-hybridized carbons (Fsp3) is 0.500. The Morgan fingerprint density at radius 1 is 1.17 bits per heavy atom. The number of Topliss-reactive ketones (excluding diaryl/α,β-unsaturated/α-hetero) is 2. The van der Waals surface area contributed by atoms with Crippen molar-refractivity contribution in [2.75, 3.05) is 5.32 Å². The van der Waals surface area contributed by atoms with Crippen LogP contribution in [0.25, 0.3) is 0 Å². The van der Waals surface area contributed by atoms with E-state index in [1.807, 2.05) is 45.9 Å². The monoisotopic (exact) mass is 407 g/mol. The molecule has 3 rings (SSSR count). The smallest absolute Gasteiger partial charge is 0.168 e. The third kappa shape index (κ3) is 4.96. The van der Waals surface area contributed by atoms with Gasteiger partial charge in [0, 0.05) is 37.2 Å². The molecule has 6 heteroatoms. The van der Waals surface area contributed by atoms with Crippen LogP contribution in [0.15, 0.2) is 40.6 Å². The minimum absolute atomic E-state index is 0.0263. The lowest BCUT2D eigenvalue weighted by atomic mass is 9.70. The van der Waals surface area contributed by atoms with E-state index in [1.165, 1.54) is 6.21 Å². The Labute approximate surface area is 177 Å². The Morgan fingerprint density at radius 3 is 2.57 bits per heavy atom. The molecule has 1 aromatic carbocycles. The predicted molar refractivity (Wildman–Crippen MR) is 117 cm³/mol. The van der Waals surface area contributed by atoms with Crippen LogP contribution in [-0.2, 0) is 9.59 Å². The van der Waals surface area contributed by atoms with Gasteiger partial charge in [0.2, 0.25) is 0 Å². The summed E-state index contributed by atoms with van der Waals surface area (Å²) >= 11 is 0. The van der Waals surface area contributed by atoms with Crippen LogP contribution in [0.5, 0.6) is 0 Å². The van der Waals surface area contributed by atoms with Crippen molar-refractivity contribution in [2.24, 2.45) is 21.7 Å². The molecule has 0 amide bonds. The zero-order valence-electron chi connectivity index (χ0n) is 18.0. The highest BCUT2D eigenvalue weighted by atomic mass is 16.3. The molecule has 0 saturated heterocycles. The van der Waals surface area contributed by atoms with Crippen LogP contribution in [0.2, 0.25) is 0 Å². The largest absolute Gasteiger partial charge is 0.511 e. The molecular weight excluding hydrogens is 378 g/mol. The highest BCUT2D eigenvalue weighted by molar-refractivity contribution is 6.14. The SMILES string of the molecule is CC1(C)CC(=O)C(C=Nc2cccc(N[C@H]3CC(C)(C)CC(=O)[C@H]3C#N)c2)=C(O)C1. The Hall–Kier alpha value is -2.94. The van der Waals surface area contributed by atoms with Gasteiger partial charge in [0.25, 0.3) is 0 Å². The van der Waals surface area contributed by atoms with E-state index in [-0.39, 0.29) is 39.8 Å². The summed E-state index contributed by atoms with van der Waals surface area (Å²) in [6.45, 7) is 7.99. The Kier molecular flexibility index (Phi) is 5.85. The number of carbonyl (C=O) groups is 2. The number of ketones is 2. The van der Waals surface area contributed by atoms with Crippen LogP contribution in [0.4, 0.5) is 11.4 Å². The predicted octanol–water partition coefficient (Wildman–Crippen LogP) is 4.90. The molecule has 0 unspecified atom stereocenters. The molecular formula is C24H29N3O3. The summed E-state index contributed by atoms with van der Waals surface area (Å²) in [7, 11) is 0. The van der Waals surface area contributed by atoms with E-state index < -0.39 is 5.92 Å². The summed E-state index contributed by atoms with van der Waals surface area (Å²) in [6, 6.07) is 9.19. The van der Waals surface area contributed by atoms with Crippen molar-refractivity contribution in [2.45, 2.75) is 59.4 Å². The number of hydrogen-bond acceptors (Lipinski definition) is 6. The van der Waals surface area contributed by atoms with E-state index in [0.29, 0.717) is 24.9 Å². The van der Waals surface area contributed by atoms with Crippen molar-refractivity contribution in [3.05, 3.63) is 35.6 Å². The molecule has 0 spiro atoms. The molecule has 2 N–H and O–H groups in total. The Morgan fingerprint density at radius 2 is 1.90 bits per heavy atom. The number of anilines is 1. The number of carbonyl (C=O) groups excluding carboxylic acids is 2. The molecule has 1 saturated carbocycles. The Balaban J connectivity index is 1.78. The zero-order chi connectivity index (χ0) is 22.1. The van der Waals surface area contributed by atoms with Crippen LogP contribution in [0.1, 0.15) is 53.4 Å². The molecule has 0 heterocycles. The minimum atomic E-state index is -0.671. The number of rotatable bonds is 4. The van der Waals surface area contributed by atoms with E-state index >= 15 is 0 Å². The topological polar surface area (TPSA) is 103 Å². The van der Waals surface area contributed by atoms with Crippen LogP contribution in [-0.4, -0.2) is 28.9 Å². The lowest BCUT2D eigenvalue weighted by Crippen LogP contribution is -2.44. The van der Waals surface area contributed by atoms with E-state index in [9.17, 15) is 20.0 Å². The van der Waals surface area contributed by atoms with Crippen molar-refractivity contribution < 1.29 is 14.7 Å². The van der Waals surface area contributed by atoms with Gasteiger partial charge in [-0.15, -0.1) is 0 Å². The molecule has 0 aliphatic heterocycles. The quantitative estimate of drug-likeness (QED) is 0.691. The first-order valence-electron chi connectivity index (χ1n) is 10.3. The van der Waals surface area contributed by atoms with Gasteiger partial charge in [-0.05, 0) is 35.4 Å². The highest BCUT2D eigenvalue weighted by Gasteiger charge is 2.40. The lowest BCUT2D eigenvalue weighted by molar-refractivity contribution is -0.126. The lowest BCUT2D eigenvalue weighted by Gasteiger charge is -2.37. The second-order valence-electron chi connectivity index (χ2n) is 9.98. The van der Waals surface area contributed by atoms with Crippen LogP contribution in [0.3, 0.4) is 0 Å². The minimum Gasteiger partial charge on any atom is -0.511 e. The average molecular weight is 408 g/mol. The number of nitrogens with one attached hydrogen (secondary N) is 1. The maximum atomic E-state index is 12.3. The van der Waals surface area contributed by atoms with Crippen molar-refractivity contribution in [3.63, 3.8) is 0 Å². The van der Waals surface area contributed by atoms with Gasteiger partial charge >= 0.3 is 0 Å². The van der Waals surface area contributed by atoms with Gasteiger partial charge in [0.15, 0.2) is 11.6 Å². The molecule has 0 radical (unpaired) electrons. The number of nitrogens with zero attached hydrogens (tertiary/aromatic N) is 2. The molecule has 2 aliphatic rings. The molecule has 2 atom stereocenters. The second kappa shape index (κ2) is 8.06. The van der Waals surface area contributed by atoms with Crippen LogP contribution in [0, 0.1) is 28.1 Å². The van der Waals surface area contributed by atoms with Gasteiger partial charge in [-0.25, -0.2) is 0 Å². The number of aliphatic imine (C=N–C) groups is 1. The summed E-state index contributed by atoms with van der Waals surface area (Å²) in [5.74, 6) is -0.729. The highest BCUT2D eigenvalue weighted by Crippen LogP contribution is 2.38. The van der Waals surface area contributed by atoms with E-state index in [1.54, 1.807) is 6.07 Å². The Bertz CT molecular complexity index is 966. The molecule has 6 nitrogen and oxygen atoms in total. The first-order valence-corrected chi connectivity index (χ1v) is 10.3. The summed E-state index contributed by atoms with van der Waals surface area (Å²) in [4.78, 5) is 29.1. The molecule has 158 valence electrons. The first kappa shape index (κ1) is 21.8. The molecule has 1 aromatic rings.